The number of pyridine rings is 1. The average Bonchev–Trinajstić information content (AvgIpc) is 3.37. The highest BCUT2D eigenvalue weighted by Crippen LogP contribution is 2.30. The zero-order chi connectivity index (χ0) is 20.1. The standard InChI is InChI=1S/C20H30N6O2/c1-5-25(6-2)17-10-9-15(12-21-17)13-22-20(27)26-11-7-8-16(26)18-23-19(14(3)4)28-24-18/h9-10,12,14,16H,5-8,11,13H2,1-4H3,(H,22,27). The lowest BCUT2D eigenvalue weighted by Crippen LogP contribution is -2.39. The molecule has 2 aromatic rings. The fraction of sp³-hybridized carbons (Fsp3) is 0.600. The topological polar surface area (TPSA) is 87.4 Å². The van der Waals surface area contributed by atoms with E-state index in [1.165, 1.54) is 0 Å². The lowest BCUT2D eigenvalue weighted by atomic mass is 10.2. The number of nitrogens with one attached hydrogen (secondary N) is 1. The number of rotatable bonds is 7. The molecular weight excluding hydrogens is 356 g/mol. The summed E-state index contributed by atoms with van der Waals surface area (Å²) in [7, 11) is 0. The van der Waals surface area contributed by atoms with Crippen LogP contribution in [0, 0.1) is 0 Å². The van der Waals surface area contributed by atoms with Gasteiger partial charge in [-0.15, -0.1) is 0 Å². The Bertz CT molecular complexity index is 769. The summed E-state index contributed by atoms with van der Waals surface area (Å²) < 4.78 is 5.31. The first kappa shape index (κ1) is 20.1. The van der Waals surface area contributed by atoms with Gasteiger partial charge in [0.05, 0.1) is 6.04 Å². The van der Waals surface area contributed by atoms with Crippen LogP contribution in [0.3, 0.4) is 0 Å². The van der Waals surface area contributed by atoms with Crippen LogP contribution < -0.4 is 10.2 Å². The molecule has 8 heteroatoms. The van der Waals surface area contributed by atoms with Crippen LogP contribution in [0.1, 0.15) is 69.8 Å². The second-order valence-electron chi connectivity index (χ2n) is 7.35. The molecule has 0 saturated carbocycles. The first-order valence-electron chi connectivity index (χ1n) is 10.1. The maximum Gasteiger partial charge on any atom is 0.318 e. The fourth-order valence-corrected chi connectivity index (χ4v) is 3.43. The van der Waals surface area contributed by atoms with E-state index in [2.05, 4.69) is 39.2 Å². The van der Waals surface area contributed by atoms with Crippen molar-refractivity contribution in [3.8, 4) is 0 Å². The van der Waals surface area contributed by atoms with E-state index in [-0.39, 0.29) is 18.0 Å². The van der Waals surface area contributed by atoms with E-state index >= 15 is 0 Å². The number of aromatic nitrogens is 3. The summed E-state index contributed by atoms with van der Waals surface area (Å²) in [5, 5.41) is 7.08. The van der Waals surface area contributed by atoms with E-state index in [1.54, 1.807) is 4.90 Å². The van der Waals surface area contributed by atoms with Gasteiger partial charge in [-0.25, -0.2) is 9.78 Å². The molecular formula is C20H30N6O2. The lowest BCUT2D eigenvalue weighted by molar-refractivity contribution is 0.189. The number of hydrogen-bond donors (Lipinski definition) is 1. The average molecular weight is 387 g/mol. The lowest BCUT2D eigenvalue weighted by Gasteiger charge is -2.23. The Morgan fingerprint density at radius 3 is 2.75 bits per heavy atom. The summed E-state index contributed by atoms with van der Waals surface area (Å²) >= 11 is 0. The minimum absolute atomic E-state index is 0.105. The van der Waals surface area contributed by atoms with Crippen molar-refractivity contribution in [3.05, 3.63) is 35.6 Å². The molecule has 152 valence electrons. The number of carbonyl (C=O) groups is 1. The van der Waals surface area contributed by atoms with Crippen molar-refractivity contribution >= 4 is 11.8 Å². The van der Waals surface area contributed by atoms with Gasteiger partial charge < -0.3 is 19.6 Å². The maximum atomic E-state index is 12.7. The number of likely N-dealkylation sites (tertiary alicyclic amines) is 1. The number of hydrogen-bond acceptors (Lipinski definition) is 6. The van der Waals surface area contributed by atoms with Crippen LogP contribution in [0.2, 0.25) is 0 Å². The highest BCUT2D eigenvalue weighted by molar-refractivity contribution is 5.75. The van der Waals surface area contributed by atoms with Gasteiger partial charge in [0, 0.05) is 38.3 Å². The van der Waals surface area contributed by atoms with Gasteiger partial charge in [0.25, 0.3) is 0 Å². The molecule has 1 aliphatic rings. The van der Waals surface area contributed by atoms with Gasteiger partial charge in [-0.3, -0.25) is 0 Å². The Balaban J connectivity index is 1.59. The molecule has 28 heavy (non-hydrogen) atoms. The van der Waals surface area contributed by atoms with Crippen molar-refractivity contribution in [3.63, 3.8) is 0 Å². The Kier molecular flexibility index (Phi) is 6.49. The molecule has 0 aliphatic carbocycles. The van der Waals surface area contributed by atoms with Crippen LogP contribution in [-0.2, 0) is 6.54 Å². The normalized spacial score (nSPS) is 16.6. The quantitative estimate of drug-likeness (QED) is 0.784. The minimum atomic E-state index is -0.126. The van der Waals surface area contributed by atoms with Crippen molar-refractivity contribution in [2.75, 3.05) is 24.5 Å². The van der Waals surface area contributed by atoms with E-state index < -0.39 is 0 Å². The second-order valence-corrected chi connectivity index (χ2v) is 7.35. The zero-order valence-corrected chi connectivity index (χ0v) is 17.2. The summed E-state index contributed by atoms with van der Waals surface area (Å²) in [5.41, 5.74) is 0.974. The molecule has 0 aromatic carbocycles. The monoisotopic (exact) mass is 386 g/mol. The SMILES string of the molecule is CCN(CC)c1ccc(CNC(=O)N2CCCC2c2noc(C(C)C)n2)cn1. The van der Waals surface area contributed by atoms with Crippen molar-refractivity contribution < 1.29 is 9.32 Å². The summed E-state index contributed by atoms with van der Waals surface area (Å²) in [4.78, 5) is 25.7. The third-order valence-corrected chi connectivity index (χ3v) is 5.10. The molecule has 0 bridgehead atoms. The predicted octanol–water partition coefficient (Wildman–Crippen LogP) is 3.48. The Hall–Kier alpha value is -2.64. The maximum absolute atomic E-state index is 12.7. The third kappa shape index (κ3) is 4.43. The van der Waals surface area contributed by atoms with E-state index in [9.17, 15) is 4.79 Å². The van der Waals surface area contributed by atoms with Gasteiger partial charge in [0.2, 0.25) is 5.89 Å². The van der Waals surface area contributed by atoms with Crippen LogP contribution in [0.5, 0.6) is 0 Å². The van der Waals surface area contributed by atoms with E-state index in [4.69, 9.17) is 4.52 Å². The Morgan fingerprint density at radius 1 is 1.36 bits per heavy atom. The van der Waals surface area contributed by atoms with Crippen molar-refractivity contribution in [1.82, 2.24) is 25.3 Å². The summed E-state index contributed by atoms with van der Waals surface area (Å²) in [6.07, 6.45) is 3.61. The fourth-order valence-electron chi connectivity index (χ4n) is 3.43. The molecule has 2 amide bonds. The number of amides is 2. The summed E-state index contributed by atoms with van der Waals surface area (Å²) in [6, 6.07) is 3.78. The minimum Gasteiger partial charge on any atom is -0.357 e. The van der Waals surface area contributed by atoms with Gasteiger partial charge >= 0.3 is 6.03 Å². The summed E-state index contributed by atoms with van der Waals surface area (Å²) in [6.45, 7) is 11.2. The van der Waals surface area contributed by atoms with Crippen LogP contribution >= 0.6 is 0 Å². The van der Waals surface area contributed by atoms with Gasteiger partial charge in [-0.05, 0) is 38.3 Å². The van der Waals surface area contributed by atoms with Crippen LogP contribution in [0.4, 0.5) is 10.6 Å². The molecule has 0 spiro atoms. The Morgan fingerprint density at radius 2 is 2.14 bits per heavy atom. The highest BCUT2D eigenvalue weighted by atomic mass is 16.5. The first-order chi connectivity index (χ1) is 13.5. The number of carbonyl (C=O) groups excluding carboxylic acids is 1. The van der Waals surface area contributed by atoms with Crippen molar-refractivity contribution in [2.45, 2.75) is 59.0 Å². The van der Waals surface area contributed by atoms with Gasteiger partial charge in [0.1, 0.15) is 5.82 Å². The van der Waals surface area contributed by atoms with Crippen LogP contribution in [0.15, 0.2) is 22.9 Å². The Labute approximate surface area is 166 Å². The molecule has 3 heterocycles. The molecule has 1 saturated heterocycles. The van der Waals surface area contributed by atoms with Gasteiger partial charge in [-0.2, -0.15) is 4.98 Å². The molecule has 1 unspecified atom stereocenters. The number of urea groups is 1. The molecule has 1 aliphatic heterocycles. The zero-order valence-electron chi connectivity index (χ0n) is 17.2. The van der Waals surface area contributed by atoms with Crippen LogP contribution in [-0.4, -0.2) is 45.7 Å². The summed E-state index contributed by atoms with van der Waals surface area (Å²) in [5.74, 6) is 2.35. The molecule has 1 N–H and O–H groups in total. The van der Waals surface area contributed by atoms with E-state index in [0.29, 0.717) is 24.8 Å². The number of nitrogens with zero attached hydrogens (tertiary/aromatic N) is 5. The van der Waals surface area contributed by atoms with Crippen molar-refractivity contribution in [1.29, 1.82) is 0 Å². The molecule has 2 aromatic heterocycles. The highest BCUT2D eigenvalue weighted by Gasteiger charge is 2.33. The molecule has 1 fully saturated rings. The van der Waals surface area contributed by atoms with Gasteiger partial charge in [0.15, 0.2) is 5.82 Å². The molecule has 0 radical (unpaired) electrons. The van der Waals surface area contributed by atoms with E-state index in [0.717, 1.165) is 37.3 Å². The second kappa shape index (κ2) is 9.03. The molecule has 1 atom stereocenters. The number of anilines is 1. The first-order valence-corrected chi connectivity index (χ1v) is 10.1. The van der Waals surface area contributed by atoms with E-state index in [1.807, 2.05) is 32.2 Å². The molecule has 3 rings (SSSR count). The molecule has 8 nitrogen and oxygen atoms in total. The van der Waals surface area contributed by atoms with Crippen LogP contribution in [0.25, 0.3) is 0 Å². The predicted molar refractivity (Wildman–Crippen MR) is 107 cm³/mol. The van der Waals surface area contributed by atoms with Crippen molar-refractivity contribution in [2.24, 2.45) is 0 Å². The van der Waals surface area contributed by atoms with Gasteiger partial charge in [-0.1, -0.05) is 25.1 Å². The third-order valence-electron chi connectivity index (χ3n) is 5.10. The smallest absolute Gasteiger partial charge is 0.318 e. The largest absolute Gasteiger partial charge is 0.357 e.